The molecule has 322 valence electrons. The fraction of sp³-hybridized carbons (Fsp3) is 0.720. The van der Waals surface area contributed by atoms with Crippen molar-refractivity contribution >= 4 is 11.9 Å². The number of rotatable bonds is 40. The summed E-state index contributed by atoms with van der Waals surface area (Å²) in [6, 6.07) is -0.739. The maximum Gasteiger partial charge on any atom is 0.306 e. The lowest BCUT2D eigenvalue weighted by atomic mass is 10.0. The van der Waals surface area contributed by atoms with Crippen molar-refractivity contribution < 1.29 is 24.5 Å². The first-order valence-electron chi connectivity index (χ1n) is 23.2. The largest absolute Gasteiger partial charge is 0.458 e. The minimum Gasteiger partial charge on any atom is -0.458 e. The molecule has 0 heterocycles. The van der Waals surface area contributed by atoms with Crippen LogP contribution in [0.2, 0.25) is 0 Å². The lowest BCUT2D eigenvalue weighted by molar-refractivity contribution is -0.148. The number of ether oxygens (including phenoxy) is 1. The summed E-state index contributed by atoms with van der Waals surface area (Å²) in [6.07, 6.45) is 54.2. The minimum absolute atomic E-state index is 0.0446. The first-order valence-corrected chi connectivity index (χ1v) is 23.2. The van der Waals surface area contributed by atoms with Crippen molar-refractivity contribution in [3.8, 4) is 0 Å². The normalized spacial score (nSPS) is 14.0. The molecule has 0 saturated heterocycles. The van der Waals surface area contributed by atoms with Gasteiger partial charge in [0.1, 0.15) is 6.10 Å². The van der Waals surface area contributed by atoms with Crippen LogP contribution in [-0.4, -0.2) is 46.9 Å². The molecule has 0 rings (SSSR count). The van der Waals surface area contributed by atoms with Gasteiger partial charge in [-0.15, -0.1) is 0 Å². The topological polar surface area (TPSA) is 95.9 Å². The van der Waals surface area contributed by atoms with Crippen LogP contribution in [0.4, 0.5) is 0 Å². The first-order chi connectivity index (χ1) is 27.5. The minimum atomic E-state index is -0.817. The van der Waals surface area contributed by atoms with Gasteiger partial charge in [0.05, 0.1) is 25.2 Å². The summed E-state index contributed by atoms with van der Waals surface area (Å²) in [5.74, 6) is -0.646. The summed E-state index contributed by atoms with van der Waals surface area (Å²) >= 11 is 0. The number of nitrogens with one attached hydrogen (secondary N) is 1. The van der Waals surface area contributed by atoms with Gasteiger partial charge in [-0.2, -0.15) is 0 Å². The molecule has 0 aromatic rings. The summed E-state index contributed by atoms with van der Waals surface area (Å²) in [4.78, 5) is 25.9. The number of aliphatic hydroxyl groups excluding tert-OH is 2. The quantitative estimate of drug-likeness (QED) is 0.0327. The van der Waals surface area contributed by atoms with Crippen molar-refractivity contribution in [3.63, 3.8) is 0 Å². The smallest absolute Gasteiger partial charge is 0.306 e. The number of aliphatic hydroxyl groups is 2. The lowest BCUT2D eigenvalue weighted by Gasteiger charge is -2.23. The Kier molecular flexibility index (Phi) is 41.3. The highest BCUT2D eigenvalue weighted by atomic mass is 16.5. The summed E-state index contributed by atoms with van der Waals surface area (Å²) in [5.41, 5.74) is 0. The van der Waals surface area contributed by atoms with Crippen LogP contribution in [0.1, 0.15) is 207 Å². The van der Waals surface area contributed by atoms with Crippen LogP contribution in [0.25, 0.3) is 0 Å². The van der Waals surface area contributed by atoms with Gasteiger partial charge < -0.3 is 20.3 Å². The monoisotopic (exact) mass is 782 g/mol. The Morgan fingerprint density at radius 1 is 0.554 bits per heavy atom. The summed E-state index contributed by atoms with van der Waals surface area (Å²) in [5, 5.41) is 23.5. The van der Waals surface area contributed by atoms with Gasteiger partial charge in [0, 0.05) is 6.42 Å². The van der Waals surface area contributed by atoms with E-state index in [-0.39, 0.29) is 24.9 Å². The van der Waals surface area contributed by atoms with E-state index in [4.69, 9.17) is 4.74 Å². The van der Waals surface area contributed by atoms with Crippen molar-refractivity contribution in [3.05, 3.63) is 72.9 Å². The third-order valence-corrected chi connectivity index (χ3v) is 10.0. The molecule has 3 N–H and O–H groups in total. The van der Waals surface area contributed by atoms with Crippen molar-refractivity contribution in [2.75, 3.05) is 6.61 Å². The Labute approximate surface area is 345 Å². The van der Waals surface area contributed by atoms with Gasteiger partial charge in [-0.05, 0) is 76.7 Å². The molecule has 0 aromatic carbocycles. The van der Waals surface area contributed by atoms with Crippen LogP contribution in [0.3, 0.4) is 0 Å². The Hall–Kier alpha value is -2.70. The van der Waals surface area contributed by atoms with E-state index in [1.54, 1.807) is 6.08 Å². The molecule has 0 aliphatic heterocycles. The molecule has 0 radical (unpaired) electrons. The molecule has 0 fully saturated rings. The fourth-order valence-corrected chi connectivity index (χ4v) is 6.50. The maximum absolute atomic E-state index is 13.1. The molecule has 56 heavy (non-hydrogen) atoms. The molecule has 0 saturated carbocycles. The van der Waals surface area contributed by atoms with Crippen molar-refractivity contribution in [2.45, 2.75) is 225 Å². The summed E-state index contributed by atoms with van der Waals surface area (Å²) < 4.78 is 5.79. The average molecular weight is 782 g/mol. The van der Waals surface area contributed by atoms with Crippen molar-refractivity contribution in [1.82, 2.24) is 5.32 Å². The number of hydrogen-bond donors (Lipinski definition) is 3. The van der Waals surface area contributed by atoms with Crippen molar-refractivity contribution in [2.24, 2.45) is 0 Å². The van der Waals surface area contributed by atoms with E-state index >= 15 is 0 Å². The van der Waals surface area contributed by atoms with Crippen LogP contribution in [0.5, 0.6) is 0 Å². The third-order valence-electron chi connectivity index (χ3n) is 10.0. The zero-order valence-corrected chi connectivity index (χ0v) is 36.5. The number of allylic oxidation sites excluding steroid dienone is 11. The molecule has 6 heteroatoms. The van der Waals surface area contributed by atoms with Crippen LogP contribution < -0.4 is 5.32 Å². The van der Waals surface area contributed by atoms with E-state index in [0.717, 1.165) is 77.0 Å². The predicted octanol–water partition coefficient (Wildman–Crippen LogP) is 13.4. The predicted molar refractivity (Wildman–Crippen MR) is 241 cm³/mol. The van der Waals surface area contributed by atoms with E-state index in [1.807, 2.05) is 6.08 Å². The number of unbranched alkanes of at least 4 members (excludes halogenated alkanes) is 18. The molecule has 0 bridgehead atoms. The van der Waals surface area contributed by atoms with E-state index in [9.17, 15) is 19.8 Å². The Morgan fingerprint density at radius 2 is 1.00 bits per heavy atom. The number of carbonyl (C=O) groups is 2. The molecule has 1 amide bonds. The lowest BCUT2D eigenvalue weighted by Crippen LogP contribution is -2.46. The van der Waals surface area contributed by atoms with Crippen LogP contribution >= 0.6 is 0 Å². The van der Waals surface area contributed by atoms with E-state index in [1.165, 1.54) is 83.5 Å². The Bertz CT molecular complexity index is 1060. The zero-order chi connectivity index (χ0) is 41.0. The van der Waals surface area contributed by atoms with Crippen LogP contribution in [0.15, 0.2) is 72.9 Å². The number of hydrogen-bond acceptors (Lipinski definition) is 5. The van der Waals surface area contributed by atoms with Gasteiger partial charge in [0.15, 0.2) is 0 Å². The fourth-order valence-electron chi connectivity index (χ4n) is 6.50. The molecule has 3 unspecified atom stereocenters. The third kappa shape index (κ3) is 38.2. The maximum atomic E-state index is 13.1. The van der Waals surface area contributed by atoms with E-state index in [2.05, 4.69) is 86.8 Å². The number of esters is 1. The van der Waals surface area contributed by atoms with E-state index < -0.39 is 18.2 Å². The number of amides is 1. The molecule has 6 nitrogen and oxygen atoms in total. The first kappa shape index (κ1) is 53.3. The summed E-state index contributed by atoms with van der Waals surface area (Å²) in [6.45, 7) is 6.29. The Morgan fingerprint density at radius 3 is 1.52 bits per heavy atom. The highest BCUT2D eigenvalue weighted by molar-refractivity contribution is 5.78. The van der Waals surface area contributed by atoms with Gasteiger partial charge in [-0.3, -0.25) is 9.59 Å². The second-order valence-corrected chi connectivity index (χ2v) is 15.4. The molecule has 0 aliphatic rings. The molecular weight excluding hydrogens is 695 g/mol. The second-order valence-electron chi connectivity index (χ2n) is 15.4. The van der Waals surface area contributed by atoms with Crippen LogP contribution in [-0.2, 0) is 14.3 Å². The molecule has 0 aromatic heterocycles. The average Bonchev–Trinajstić information content (AvgIpc) is 3.19. The SMILES string of the molecule is CC/C=C/C/C=C/C/C=C/C/C=C/CCCCCC(=O)OC(/C=C/C/C=C\CCCCCCCC)CC(=O)NC(CO)C(O)CCCCCCCCCCCC. The molecular formula is C50H87NO5. The number of carbonyl (C=O) groups excluding carboxylic acids is 2. The van der Waals surface area contributed by atoms with Crippen LogP contribution in [0, 0.1) is 0 Å². The highest BCUT2D eigenvalue weighted by Crippen LogP contribution is 2.14. The molecule has 0 spiro atoms. The van der Waals surface area contributed by atoms with Crippen molar-refractivity contribution in [1.29, 1.82) is 0 Å². The molecule has 0 aliphatic carbocycles. The molecule has 3 atom stereocenters. The standard InChI is InChI=1S/C50H87NO5/c1-4-7-10-13-16-19-22-23-24-25-26-28-31-34-37-40-43-50(55)56-46(41-38-35-32-29-27-20-17-14-11-8-5-2)44-49(54)51-47(45-52)48(53)42-39-36-33-30-21-18-15-12-9-6-3/h7,10,16,19,23-24,26,28-29,32,38,41,46-48,52-53H,4-6,8-9,11-15,17-18,20-22,25,27,30-31,33-37,39-40,42-45H2,1-3H3,(H,51,54)/b10-7+,19-16+,24-23+,28-26+,32-29-,41-38+. The van der Waals surface area contributed by atoms with Gasteiger partial charge in [-0.25, -0.2) is 0 Å². The van der Waals surface area contributed by atoms with Gasteiger partial charge >= 0.3 is 5.97 Å². The van der Waals surface area contributed by atoms with Gasteiger partial charge in [0.2, 0.25) is 5.91 Å². The van der Waals surface area contributed by atoms with Gasteiger partial charge in [0.25, 0.3) is 0 Å². The zero-order valence-electron chi connectivity index (χ0n) is 36.5. The van der Waals surface area contributed by atoms with Gasteiger partial charge in [-0.1, -0.05) is 190 Å². The highest BCUT2D eigenvalue weighted by Gasteiger charge is 2.23. The summed E-state index contributed by atoms with van der Waals surface area (Å²) in [7, 11) is 0. The second kappa shape index (κ2) is 43.4. The van der Waals surface area contributed by atoms with E-state index in [0.29, 0.717) is 19.3 Å². The Balaban J connectivity index is 4.73.